The van der Waals surface area contributed by atoms with Crippen LogP contribution < -0.4 is 0 Å². The molecule has 0 amide bonds. The summed E-state index contributed by atoms with van der Waals surface area (Å²) in [5.41, 5.74) is -1.63. The summed E-state index contributed by atoms with van der Waals surface area (Å²) in [5, 5.41) is 17.3. The normalized spacial score (nSPS) is 12.6. The number of hydrogen-bond acceptors (Lipinski definition) is 4. The molecule has 0 aromatic heterocycles. The standard InChI is InChI=1S/C20H36O4S/c1-2-3-4-5-6-7-8-9-10-11-12-13-14-15-16-17-18(21)25-20(24)19(22)23/h9-10,20,24H,2-8,11-17H2,1H3,(H,22,23). The van der Waals surface area contributed by atoms with E-state index in [4.69, 9.17) is 10.2 Å². The first-order valence-corrected chi connectivity index (χ1v) is 10.7. The predicted molar refractivity (Wildman–Crippen MR) is 106 cm³/mol. The summed E-state index contributed by atoms with van der Waals surface area (Å²) < 4.78 is 0. The van der Waals surface area contributed by atoms with Gasteiger partial charge in [-0.2, -0.15) is 0 Å². The molecule has 1 unspecified atom stereocenters. The second kappa shape index (κ2) is 18.0. The highest BCUT2D eigenvalue weighted by Crippen LogP contribution is 2.15. The summed E-state index contributed by atoms with van der Waals surface area (Å²) in [5.74, 6) is -1.36. The Morgan fingerprint density at radius 3 is 1.84 bits per heavy atom. The lowest BCUT2D eigenvalue weighted by atomic mass is 10.1. The Bertz CT molecular complexity index is 369. The van der Waals surface area contributed by atoms with Crippen molar-refractivity contribution in [2.24, 2.45) is 0 Å². The van der Waals surface area contributed by atoms with Gasteiger partial charge in [-0.1, -0.05) is 70.4 Å². The molecule has 0 bridgehead atoms. The van der Waals surface area contributed by atoms with E-state index in [0.717, 1.165) is 25.7 Å². The topological polar surface area (TPSA) is 74.6 Å². The Morgan fingerprint density at radius 1 is 0.840 bits per heavy atom. The molecule has 4 nitrogen and oxygen atoms in total. The van der Waals surface area contributed by atoms with E-state index < -0.39 is 11.4 Å². The van der Waals surface area contributed by atoms with E-state index >= 15 is 0 Å². The third-order valence-electron chi connectivity index (χ3n) is 4.10. The van der Waals surface area contributed by atoms with Crippen molar-refractivity contribution in [3.05, 3.63) is 12.2 Å². The van der Waals surface area contributed by atoms with Crippen LogP contribution in [0.3, 0.4) is 0 Å². The van der Waals surface area contributed by atoms with Gasteiger partial charge in [-0.25, -0.2) is 4.79 Å². The fraction of sp³-hybridized carbons (Fsp3) is 0.800. The molecule has 0 rings (SSSR count). The van der Waals surface area contributed by atoms with Gasteiger partial charge in [-0.05, 0) is 43.9 Å². The van der Waals surface area contributed by atoms with E-state index in [1.807, 2.05) is 0 Å². The van der Waals surface area contributed by atoms with Gasteiger partial charge in [0, 0.05) is 6.42 Å². The van der Waals surface area contributed by atoms with Gasteiger partial charge >= 0.3 is 5.97 Å². The molecule has 0 radical (unpaired) electrons. The van der Waals surface area contributed by atoms with Crippen molar-refractivity contribution >= 4 is 22.8 Å². The largest absolute Gasteiger partial charge is 0.479 e. The molecule has 5 heteroatoms. The molecule has 1 atom stereocenters. The number of aliphatic hydroxyl groups excluding tert-OH is 1. The number of allylic oxidation sites excluding steroid dienone is 2. The molecule has 0 fully saturated rings. The third kappa shape index (κ3) is 17.8. The maximum absolute atomic E-state index is 11.4. The van der Waals surface area contributed by atoms with Crippen LogP contribution in [0.25, 0.3) is 0 Å². The number of aliphatic carboxylic acids is 1. The van der Waals surface area contributed by atoms with Crippen LogP contribution in [0.2, 0.25) is 0 Å². The van der Waals surface area contributed by atoms with E-state index in [-0.39, 0.29) is 5.12 Å². The van der Waals surface area contributed by atoms with Crippen molar-refractivity contribution in [2.45, 2.75) is 102 Å². The molecule has 0 saturated carbocycles. The number of carboxylic acid groups (broad SMARTS) is 1. The van der Waals surface area contributed by atoms with Gasteiger partial charge in [-0.3, -0.25) is 4.79 Å². The average Bonchev–Trinajstić information content (AvgIpc) is 2.58. The number of rotatable bonds is 17. The first-order chi connectivity index (χ1) is 12.1. The number of aliphatic hydroxyl groups is 1. The van der Waals surface area contributed by atoms with E-state index in [1.54, 1.807) is 0 Å². The van der Waals surface area contributed by atoms with E-state index in [0.29, 0.717) is 18.2 Å². The lowest BCUT2D eigenvalue weighted by molar-refractivity contribution is -0.142. The predicted octanol–water partition coefficient (Wildman–Crippen LogP) is 5.69. The fourth-order valence-electron chi connectivity index (χ4n) is 2.57. The lowest BCUT2D eigenvalue weighted by Gasteiger charge is -2.04. The highest BCUT2D eigenvalue weighted by molar-refractivity contribution is 8.14. The minimum atomic E-state index is -1.63. The molecule has 0 aliphatic heterocycles. The SMILES string of the molecule is CCCCCCCCC=CCCCCCCCC(=O)SC(O)C(=O)O. The summed E-state index contributed by atoms with van der Waals surface area (Å²) in [6.07, 6.45) is 20.6. The van der Waals surface area contributed by atoms with Crippen LogP contribution in [0.15, 0.2) is 12.2 Å². The monoisotopic (exact) mass is 372 g/mol. The van der Waals surface area contributed by atoms with E-state index in [2.05, 4.69) is 19.1 Å². The van der Waals surface area contributed by atoms with Crippen LogP contribution in [0.1, 0.15) is 96.8 Å². The zero-order valence-corrected chi connectivity index (χ0v) is 16.6. The summed E-state index contributed by atoms with van der Waals surface area (Å²) in [6, 6.07) is 0. The number of hydrogen-bond donors (Lipinski definition) is 2. The summed E-state index contributed by atoms with van der Waals surface area (Å²) in [6.45, 7) is 2.25. The highest BCUT2D eigenvalue weighted by atomic mass is 32.2. The molecular weight excluding hydrogens is 336 g/mol. The lowest BCUT2D eigenvalue weighted by Crippen LogP contribution is -2.17. The maximum atomic E-state index is 11.4. The van der Waals surface area contributed by atoms with Crippen LogP contribution in [0, 0.1) is 0 Å². The molecule has 0 spiro atoms. The minimum Gasteiger partial charge on any atom is -0.479 e. The number of carbonyl (C=O) groups excluding carboxylic acids is 1. The van der Waals surface area contributed by atoms with Crippen molar-refractivity contribution in [2.75, 3.05) is 0 Å². The Hall–Kier alpha value is -0.810. The Kier molecular flexibility index (Phi) is 17.4. The Morgan fingerprint density at radius 2 is 1.32 bits per heavy atom. The van der Waals surface area contributed by atoms with Gasteiger partial charge < -0.3 is 10.2 Å². The van der Waals surface area contributed by atoms with Crippen LogP contribution in [0.4, 0.5) is 0 Å². The Labute approximate surface area is 157 Å². The molecule has 25 heavy (non-hydrogen) atoms. The molecule has 0 aliphatic rings. The summed E-state index contributed by atoms with van der Waals surface area (Å²) in [4.78, 5) is 21.8. The number of carbonyl (C=O) groups is 2. The quantitative estimate of drug-likeness (QED) is 0.195. The minimum absolute atomic E-state index is 0.243. The molecule has 0 saturated heterocycles. The number of carboxylic acids is 1. The van der Waals surface area contributed by atoms with Gasteiger partial charge in [-0.15, -0.1) is 0 Å². The van der Waals surface area contributed by atoms with E-state index in [9.17, 15) is 9.59 Å². The fourth-order valence-corrected chi connectivity index (χ4v) is 3.19. The van der Waals surface area contributed by atoms with Gasteiger partial charge in [0.15, 0.2) is 5.12 Å². The van der Waals surface area contributed by atoms with Gasteiger partial charge in [0.25, 0.3) is 0 Å². The summed E-state index contributed by atoms with van der Waals surface area (Å²) >= 11 is 0.502. The van der Waals surface area contributed by atoms with Crippen LogP contribution in [0.5, 0.6) is 0 Å². The molecule has 0 aromatic carbocycles. The van der Waals surface area contributed by atoms with Crippen molar-refractivity contribution in [3.8, 4) is 0 Å². The second-order valence-corrected chi connectivity index (χ2v) is 7.65. The molecule has 0 aliphatic carbocycles. The van der Waals surface area contributed by atoms with Crippen molar-refractivity contribution in [3.63, 3.8) is 0 Å². The van der Waals surface area contributed by atoms with Crippen molar-refractivity contribution in [1.82, 2.24) is 0 Å². The molecule has 0 heterocycles. The number of unbranched alkanes of at least 4 members (excludes halogenated alkanes) is 11. The first kappa shape index (κ1) is 24.2. The maximum Gasteiger partial charge on any atom is 0.343 e. The molecule has 2 N–H and O–H groups in total. The van der Waals surface area contributed by atoms with Gasteiger partial charge in [0.1, 0.15) is 0 Å². The molecular formula is C20H36O4S. The smallest absolute Gasteiger partial charge is 0.343 e. The van der Waals surface area contributed by atoms with Crippen molar-refractivity contribution < 1.29 is 19.8 Å². The third-order valence-corrected chi connectivity index (χ3v) is 4.99. The highest BCUT2D eigenvalue weighted by Gasteiger charge is 2.17. The average molecular weight is 373 g/mol. The first-order valence-electron chi connectivity index (χ1n) is 9.83. The van der Waals surface area contributed by atoms with Crippen LogP contribution >= 0.6 is 11.8 Å². The molecule has 0 aromatic rings. The summed E-state index contributed by atoms with van der Waals surface area (Å²) in [7, 11) is 0. The number of thioether (sulfide) groups is 1. The zero-order valence-electron chi connectivity index (χ0n) is 15.8. The molecule has 146 valence electrons. The second-order valence-electron chi connectivity index (χ2n) is 6.51. The van der Waals surface area contributed by atoms with E-state index in [1.165, 1.54) is 57.8 Å². The zero-order chi connectivity index (χ0) is 18.8. The van der Waals surface area contributed by atoms with Crippen LogP contribution in [-0.4, -0.2) is 26.7 Å². The Balaban J connectivity index is 3.29. The van der Waals surface area contributed by atoms with Gasteiger partial charge in [0.2, 0.25) is 5.44 Å². The van der Waals surface area contributed by atoms with Crippen LogP contribution in [-0.2, 0) is 9.59 Å². The van der Waals surface area contributed by atoms with Crippen molar-refractivity contribution in [1.29, 1.82) is 0 Å². The van der Waals surface area contributed by atoms with Gasteiger partial charge in [0.05, 0.1) is 0 Å².